The highest BCUT2D eigenvalue weighted by Crippen LogP contribution is 2.25. The van der Waals surface area contributed by atoms with Crippen molar-refractivity contribution in [2.75, 3.05) is 0 Å². The number of hydrogen-bond donors (Lipinski definition) is 0. The fraction of sp³-hybridized carbons (Fsp3) is 0.333. The number of aryl methyl sites for hydroxylation is 2. The van der Waals surface area contributed by atoms with E-state index in [2.05, 4.69) is 16.9 Å². The number of aliphatic imine (C=N–C) groups is 1. The molecule has 0 unspecified atom stereocenters. The molecule has 0 radical (unpaired) electrons. The minimum atomic E-state index is 1.05. The normalized spacial score (nSPS) is 14.6. The van der Waals surface area contributed by atoms with E-state index in [4.69, 9.17) is 0 Å². The van der Waals surface area contributed by atoms with Crippen LogP contribution in [-0.2, 0) is 6.42 Å². The summed E-state index contributed by atoms with van der Waals surface area (Å²) in [7, 11) is 0. The molecule has 0 saturated carbocycles. The molecule has 0 atom stereocenters. The largest absolute Gasteiger partial charge is 0.264 e. The Morgan fingerprint density at radius 1 is 1.36 bits per heavy atom. The summed E-state index contributed by atoms with van der Waals surface area (Å²) in [6, 6.07) is 0. The van der Waals surface area contributed by atoms with Gasteiger partial charge in [-0.05, 0) is 30.9 Å². The minimum Gasteiger partial charge on any atom is -0.264 e. The number of pyridine rings is 1. The Kier molecular flexibility index (Phi) is 1.46. The van der Waals surface area contributed by atoms with Crippen LogP contribution < -0.4 is 0 Å². The maximum atomic E-state index is 4.33. The fourth-order valence-corrected chi connectivity index (χ4v) is 1.36. The van der Waals surface area contributed by atoms with Crippen molar-refractivity contribution in [1.82, 2.24) is 4.98 Å². The summed E-state index contributed by atoms with van der Waals surface area (Å²) in [6.45, 7) is 2.05. The van der Waals surface area contributed by atoms with Crippen LogP contribution in [0.25, 0.3) is 0 Å². The van der Waals surface area contributed by atoms with Gasteiger partial charge in [-0.1, -0.05) is 0 Å². The van der Waals surface area contributed by atoms with Crippen molar-refractivity contribution in [3.05, 3.63) is 23.5 Å². The maximum absolute atomic E-state index is 4.33. The third-order valence-electron chi connectivity index (χ3n) is 1.94. The molecule has 1 aliphatic heterocycles. The van der Waals surface area contributed by atoms with Crippen LogP contribution in [0.1, 0.15) is 17.5 Å². The van der Waals surface area contributed by atoms with E-state index < -0.39 is 0 Å². The summed E-state index contributed by atoms with van der Waals surface area (Å²) < 4.78 is 0. The monoisotopic (exact) mass is 146 g/mol. The van der Waals surface area contributed by atoms with E-state index in [1.807, 2.05) is 18.6 Å². The summed E-state index contributed by atoms with van der Waals surface area (Å²) in [5.41, 5.74) is 3.59. The quantitative estimate of drug-likeness (QED) is 0.549. The topological polar surface area (TPSA) is 25.2 Å². The van der Waals surface area contributed by atoms with Gasteiger partial charge in [0.25, 0.3) is 0 Å². The Bertz CT molecular complexity index is 302. The highest BCUT2D eigenvalue weighted by molar-refractivity contribution is 5.70. The summed E-state index contributed by atoms with van der Waals surface area (Å²) in [6.07, 6.45) is 7.90. The van der Waals surface area contributed by atoms with Gasteiger partial charge in [0.1, 0.15) is 0 Å². The summed E-state index contributed by atoms with van der Waals surface area (Å²) in [5, 5.41) is 0. The molecule has 0 fully saturated rings. The van der Waals surface area contributed by atoms with Crippen LogP contribution in [-0.4, -0.2) is 11.2 Å². The number of aromatic nitrogens is 1. The molecule has 0 aromatic carbocycles. The maximum Gasteiger partial charge on any atom is 0.0717 e. The molecule has 11 heavy (non-hydrogen) atoms. The van der Waals surface area contributed by atoms with Gasteiger partial charge in [-0.3, -0.25) is 9.98 Å². The predicted octanol–water partition coefficient (Wildman–Crippen LogP) is 2.04. The summed E-state index contributed by atoms with van der Waals surface area (Å²) >= 11 is 0. The number of rotatable bonds is 0. The van der Waals surface area contributed by atoms with Crippen LogP contribution in [0, 0.1) is 6.92 Å². The molecule has 1 aliphatic rings. The van der Waals surface area contributed by atoms with Crippen LogP contribution in [0.3, 0.4) is 0 Å². The molecule has 2 heteroatoms. The fourth-order valence-electron chi connectivity index (χ4n) is 1.36. The van der Waals surface area contributed by atoms with Crippen molar-refractivity contribution in [1.29, 1.82) is 0 Å². The molecular weight excluding hydrogens is 136 g/mol. The Morgan fingerprint density at radius 2 is 2.27 bits per heavy atom. The third kappa shape index (κ3) is 1.04. The smallest absolute Gasteiger partial charge is 0.0717 e. The van der Waals surface area contributed by atoms with Crippen LogP contribution in [0.2, 0.25) is 0 Å². The predicted molar refractivity (Wildman–Crippen MR) is 45.4 cm³/mol. The van der Waals surface area contributed by atoms with Gasteiger partial charge in [-0.25, -0.2) is 0 Å². The Hall–Kier alpha value is -1.18. The number of nitrogens with zero attached hydrogens (tertiary/aromatic N) is 2. The lowest BCUT2D eigenvalue weighted by atomic mass is 10.1. The third-order valence-corrected chi connectivity index (χ3v) is 1.94. The highest BCUT2D eigenvalue weighted by atomic mass is 14.8. The number of fused-ring (bicyclic) bond motifs is 1. The van der Waals surface area contributed by atoms with Crippen LogP contribution in [0.4, 0.5) is 5.69 Å². The molecule has 0 spiro atoms. The van der Waals surface area contributed by atoms with Crippen molar-refractivity contribution in [3.63, 3.8) is 0 Å². The van der Waals surface area contributed by atoms with Crippen LogP contribution >= 0.6 is 0 Å². The van der Waals surface area contributed by atoms with Gasteiger partial charge in [0.05, 0.1) is 5.69 Å². The lowest BCUT2D eigenvalue weighted by Gasteiger charge is -2.09. The van der Waals surface area contributed by atoms with E-state index in [0.717, 1.165) is 18.5 Å². The molecule has 0 aliphatic carbocycles. The molecule has 2 rings (SSSR count). The first kappa shape index (κ1) is 6.53. The zero-order valence-corrected chi connectivity index (χ0v) is 6.54. The molecule has 2 nitrogen and oxygen atoms in total. The molecule has 2 heterocycles. The molecular formula is C9H10N2. The van der Waals surface area contributed by atoms with E-state index in [-0.39, 0.29) is 0 Å². The second-order valence-electron chi connectivity index (χ2n) is 2.81. The van der Waals surface area contributed by atoms with Crippen molar-refractivity contribution >= 4 is 11.9 Å². The molecule has 0 bridgehead atoms. The SMILES string of the molecule is Cc1cncc2c1N=CCC2. The van der Waals surface area contributed by atoms with Crippen molar-refractivity contribution in [2.24, 2.45) is 4.99 Å². The summed E-state index contributed by atoms with van der Waals surface area (Å²) in [5.74, 6) is 0. The van der Waals surface area contributed by atoms with Crippen molar-refractivity contribution < 1.29 is 0 Å². The molecule has 0 saturated heterocycles. The average Bonchev–Trinajstić information content (AvgIpc) is 2.06. The van der Waals surface area contributed by atoms with Gasteiger partial charge in [0.15, 0.2) is 0 Å². The lowest BCUT2D eigenvalue weighted by Crippen LogP contribution is -1.95. The van der Waals surface area contributed by atoms with E-state index in [1.54, 1.807) is 0 Å². The van der Waals surface area contributed by atoms with Crippen LogP contribution in [0.15, 0.2) is 17.4 Å². The van der Waals surface area contributed by atoms with Crippen molar-refractivity contribution in [2.45, 2.75) is 19.8 Å². The van der Waals surface area contributed by atoms with E-state index >= 15 is 0 Å². The lowest BCUT2D eigenvalue weighted by molar-refractivity contribution is 0.999. The second-order valence-corrected chi connectivity index (χ2v) is 2.81. The zero-order chi connectivity index (χ0) is 7.68. The van der Waals surface area contributed by atoms with Gasteiger partial charge in [-0.15, -0.1) is 0 Å². The molecule has 56 valence electrons. The summed E-state index contributed by atoms with van der Waals surface area (Å²) in [4.78, 5) is 8.45. The first-order valence-corrected chi connectivity index (χ1v) is 3.84. The van der Waals surface area contributed by atoms with Gasteiger partial charge in [-0.2, -0.15) is 0 Å². The molecule has 1 aromatic rings. The van der Waals surface area contributed by atoms with Crippen LogP contribution in [0.5, 0.6) is 0 Å². The first-order valence-electron chi connectivity index (χ1n) is 3.84. The Balaban J connectivity index is 2.60. The van der Waals surface area contributed by atoms with E-state index in [0.29, 0.717) is 0 Å². The molecule has 1 aromatic heterocycles. The van der Waals surface area contributed by atoms with Gasteiger partial charge < -0.3 is 0 Å². The first-order chi connectivity index (χ1) is 5.38. The standard InChI is InChI=1S/C9H10N2/c1-7-5-10-6-8-3-2-4-11-9(7)8/h4-6H,2-3H2,1H3. The zero-order valence-electron chi connectivity index (χ0n) is 6.54. The van der Waals surface area contributed by atoms with Gasteiger partial charge in [0.2, 0.25) is 0 Å². The van der Waals surface area contributed by atoms with E-state index in [9.17, 15) is 0 Å². The van der Waals surface area contributed by atoms with Crippen molar-refractivity contribution in [3.8, 4) is 0 Å². The second kappa shape index (κ2) is 2.46. The molecule has 0 N–H and O–H groups in total. The Labute approximate surface area is 66.0 Å². The highest BCUT2D eigenvalue weighted by Gasteiger charge is 2.06. The van der Waals surface area contributed by atoms with E-state index in [1.165, 1.54) is 11.1 Å². The minimum absolute atomic E-state index is 1.05. The molecule has 0 amide bonds. The number of hydrogen-bond acceptors (Lipinski definition) is 2. The Morgan fingerprint density at radius 3 is 3.09 bits per heavy atom. The van der Waals surface area contributed by atoms with Gasteiger partial charge in [0, 0.05) is 18.6 Å². The average molecular weight is 146 g/mol. The van der Waals surface area contributed by atoms with Gasteiger partial charge >= 0.3 is 0 Å².